The number of carbonyl (C=O) groups excluding carboxylic acids is 2. The predicted molar refractivity (Wildman–Crippen MR) is 89.6 cm³/mol. The van der Waals surface area contributed by atoms with Crippen LogP contribution < -0.4 is 0 Å². The number of methoxy groups -OCH3 is 1. The summed E-state index contributed by atoms with van der Waals surface area (Å²) in [6, 6.07) is 5.38. The van der Waals surface area contributed by atoms with Gasteiger partial charge in [-0.05, 0) is 25.5 Å². The van der Waals surface area contributed by atoms with E-state index in [0.29, 0.717) is 5.56 Å². The zero-order chi connectivity index (χ0) is 18.1. The predicted octanol–water partition coefficient (Wildman–Crippen LogP) is 2.12. The fourth-order valence-electron chi connectivity index (χ4n) is 2.20. The van der Waals surface area contributed by atoms with Gasteiger partial charge in [-0.3, -0.25) is 9.48 Å². The van der Waals surface area contributed by atoms with E-state index in [9.17, 15) is 13.8 Å². The molecule has 2 aromatic rings. The Kier molecular flexibility index (Phi) is 4.88. The molecule has 2 rings (SSSR count). The van der Waals surface area contributed by atoms with Crippen molar-refractivity contribution in [3.8, 4) is 0 Å². The van der Waals surface area contributed by atoms with Crippen molar-refractivity contribution in [3.05, 3.63) is 46.8 Å². The first-order valence-electron chi connectivity index (χ1n) is 7.11. The van der Waals surface area contributed by atoms with Gasteiger partial charge in [-0.1, -0.05) is 17.7 Å². The second kappa shape index (κ2) is 6.56. The molecule has 7 nitrogen and oxygen atoms in total. The lowest BCUT2D eigenvalue weighted by atomic mass is 10.1. The van der Waals surface area contributed by atoms with E-state index in [0.717, 1.165) is 11.1 Å². The van der Waals surface area contributed by atoms with Crippen molar-refractivity contribution in [3.63, 3.8) is 0 Å². The molecule has 8 heteroatoms. The molecule has 1 heterocycles. The second-order valence-electron chi connectivity index (χ2n) is 5.52. The van der Waals surface area contributed by atoms with E-state index in [2.05, 4.69) is 14.2 Å². The lowest BCUT2D eigenvalue weighted by Crippen LogP contribution is -2.11. The number of benzene rings is 1. The molecule has 24 heavy (non-hydrogen) atoms. The smallest absolute Gasteiger partial charge is 0.359 e. The summed E-state index contributed by atoms with van der Waals surface area (Å²) in [6.45, 7) is 3.64. The van der Waals surface area contributed by atoms with E-state index in [1.54, 1.807) is 26.1 Å². The van der Waals surface area contributed by atoms with Crippen LogP contribution in [-0.4, -0.2) is 39.2 Å². The molecular weight excluding hydrogens is 330 g/mol. The summed E-state index contributed by atoms with van der Waals surface area (Å²) in [6.07, 6.45) is 2.72. The molecule has 0 aliphatic heterocycles. The minimum Gasteiger partial charge on any atom is -0.464 e. The second-order valence-corrected chi connectivity index (χ2v) is 7.75. The number of aromatic nitrogens is 2. The number of carbonyl (C=O) groups is 2. The lowest BCUT2D eigenvalue weighted by molar-refractivity contribution is 0.0588. The van der Waals surface area contributed by atoms with Crippen molar-refractivity contribution in [1.29, 1.82) is 0 Å². The quantitative estimate of drug-likeness (QED) is 0.792. The van der Waals surface area contributed by atoms with Crippen LogP contribution in [0.15, 0.2) is 33.7 Å². The van der Waals surface area contributed by atoms with Gasteiger partial charge in [0.1, 0.15) is 4.90 Å². The van der Waals surface area contributed by atoms with Crippen molar-refractivity contribution < 1.29 is 18.5 Å². The summed E-state index contributed by atoms with van der Waals surface area (Å²) in [4.78, 5) is 24.4. The molecule has 0 aliphatic rings. The Labute approximate surface area is 140 Å². The Hall–Kier alpha value is -2.48. The molecule has 1 atom stereocenters. The van der Waals surface area contributed by atoms with Gasteiger partial charge in [0.15, 0.2) is 5.69 Å². The van der Waals surface area contributed by atoms with Crippen molar-refractivity contribution in [2.24, 2.45) is 11.4 Å². The van der Waals surface area contributed by atoms with E-state index in [4.69, 9.17) is 0 Å². The van der Waals surface area contributed by atoms with Crippen molar-refractivity contribution in [1.82, 2.24) is 9.78 Å². The first-order valence-corrected chi connectivity index (χ1v) is 9.03. The maximum absolute atomic E-state index is 13.0. The summed E-state index contributed by atoms with van der Waals surface area (Å²) >= 11 is 0. The Balaban J connectivity index is 2.56. The highest BCUT2D eigenvalue weighted by Gasteiger charge is 2.24. The zero-order valence-electron chi connectivity index (χ0n) is 14.2. The van der Waals surface area contributed by atoms with Gasteiger partial charge < -0.3 is 4.74 Å². The molecule has 0 N–H and O–H groups in total. The fraction of sp³-hybridized carbons (Fsp3) is 0.312. The van der Waals surface area contributed by atoms with Crippen LogP contribution in [0.5, 0.6) is 0 Å². The van der Waals surface area contributed by atoms with Crippen LogP contribution in [0.25, 0.3) is 0 Å². The molecule has 0 saturated heterocycles. The SMILES string of the molecule is COC(=O)c1nn(C)cc1S(C)(=O)=NC(=O)c1cc(C)ccc1C. The van der Waals surface area contributed by atoms with Crippen LogP contribution in [0.2, 0.25) is 0 Å². The standard InChI is InChI=1S/C16H19N3O4S/c1-10-6-7-11(2)12(8-10)15(20)18-24(5,22)13-9-19(3)17-14(13)16(21)23-4/h6-9H,1-5H3. The summed E-state index contributed by atoms with van der Waals surface area (Å²) in [5.74, 6) is -1.32. The van der Waals surface area contributed by atoms with Gasteiger partial charge in [0.2, 0.25) is 0 Å². The fourth-order valence-corrected chi connectivity index (χ4v) is 3.55. The number of rotatable bonds is 3. The van der Waals surface area contributed by atoms with Gasteiger partial charge in [-0.25, -0.2) is 9.00 Å². The van der Waals surface area contributed by atoms with Gasteiger partial charge in [0.25, 0.3) is 5.91 Å². The van der Waals surface area contributed by atoms with Crippen LogP contribution in [0.4, 0.5) is 0 Å². The maximum atomic E-state index is 13.0. The van der Waals surface area contributed by atoms with Gasteiger partial charge in [0.05, 0.1) is 16.8 Å². The Bertz CT molecular complexity index is 937. The average molecular weight is 349 g/mol. The number of amides is 1. The van der Waals surface area contributed by atoms with Crippen LogP contribution >= 0.6 is 0 Å². The highest BCUT2D eigenvalue weighted by atomic mass is 32.2. The van der Waals surface area contributed by atoms with Crippen LogP contribution in [-0.2, 0) is 21.5 Å². The normalized spacial score (nSPS) is 13.2. The zero-order valence-corrected chi connectivity index (χ0v) is 15.0. The third-order valence-electron chi connectivity index (χ3n) is 3.46. The van der Waals surface area contributed by atoms with Crippen LogP contribution in [0.3, 0.4) is 0 Å². The van der Waals surface area contributed by atoms with Crippen molar-refractivity contribution in [2.45, 2.75) is 18.7 Å². The van der Waals surface area contributed by atoms with E-state index in [-0.39, 0.29) is 10.6 Å². The largest absolute Gasteiger partial charge is 0.464 e. The maximum Gasteiger partial charge on any atom is 0.359 e. The van der Waals surface area contributed by atoms with Gasteiger partial charge in [-0.2, -0.15) is 9.46 Å². The van der Waals surface area contributed by atoms with Gasteiger partial charge in [-0.15, -0.1) is 0 Å². The Morgan fingerprint density at radius 2 is 1.96 bits per heavy atom. The molecule has 0 spiro atoms. The van der Waals surface area contributed by atoms with E-state index in [1.807, 2.05) is 13.0 Å². The Morgan fingerprint density at radius 3 is 2.58 bits per heavy atom. The highest BCUT2D eigenvalue weighted by molar-refractivity contribution is 7.93. The number of nitrogens with zero attached hydrogens (tertiary/aromatic N) is 3. The summed E-state index contributed by atoms with van der Waals surface area (Å²) in [7, 11) is -0.375. The first kappa shape index (κ1) is 17.9. The molecule has 1 unspecified atom stereocenters. The van der Waals surface area contributed by atoms with Gasteiger partial charge in [0, 0.05) is 25.1 Å². The Morgan fingerprint density at radius 1 is 1.29 bits per heavy atom. The van der Waals surface area contributed by atoms with Crippen LogP contribution in [0.1, 0.15) is 32.0 Å². The number of esters is 1. The molecule has 1 aromatic heterocycles. The number of ether oxygens (including phenoxy) is 1. The van der Waals surface area contributed by atoms with Gasteiger partial charge >= 0.3 is 5.97 Å². The minimum absolute atomic E-state index is 0.0792. The van der Waals surface area contributed by atoms with E-state index < -0.39 is 21.6 Å². The van der Waals surface area contributed by atoms with Crippen molar-refractivity contribution >= 4 is 21.6 Å². The van der Waals surface area contributed by atoms with E-state index >= 15 is 0 Å². The molecule has 0 fully saturated rings. The molecule has 128 valence electrons. The summed E-state index contributed by atoms with van der Waals surface area (Å²) in [5.41, 5.74) is 1.92. The summed E-state index contributed by atoms with van der Waals surface area (Å²) in [5, 5.41) is 3.95. The molecular formula is C16H19N3O4S. The number of hydrogen-bond donors (Lipinski definition) is 0. The van der Waals surface area contributed by atoms with Crippen LogP contribution in [0, 0.1) is 13.8 Å². The molecule has 0 bridgehead atoms. The highest BCUT2D eigenvalue weighted by Crippen LogP contribution is 2.19. The first-order chi connectivity index (χ1) is 11.2. The number of aryl methyl sites for hydroxylation is 3. The molecule has 0 radical (unpaired) electrons. The topological polar surface area (TPSA) is 90.6 Å². The van der Waals surface area contributed by atoms with Crippen molar-refractivity contribution in [2.75, 3.05) is 13.4 Å². The summed E-state index contributed by atoms with van der Waals surface area (Å²) < 4.78 is 22.8. The third kappa shape index (κ3) is 3.53. The lowest BCUT2D eigenvalue weighted by Gasteiger charge is -2.06. The van der Waals surface area contributed by atoms with E-state index in [1.165, 1.54) is 24.2 Å². The molecule has 1 amide bonds. The number of hydrogen-bond acceptors (Lipinski definition) is 5. The average Bonchev–Trinajstić information content (AvgIpc) is 2.91. The molecule has 0 saturated carbocycles. The molecule has 0 aliphatic carbocycles. The monoisotopic (exact) mass is 349 g/mol. The third-order valence-corrected chi connectivity index (χ3v) is 5.09. The molecule has 1 aromatic carbocycles. The minimum atomic E-state index is -3.16.